The fraction of sp³-hybridized carbons (Fsp3) is 0.375. The summed E-state index contributed by atoms with van der Waals surface area (Å²) in [7, 11) is 2.16. The Bertz CT molecular complexity index is 1140. The Labute approximate surface area is 182 Å². The number of benzene rings is 1. The third-order valence-electron chi connectivity index (χ3n) is 6.22. The highest BCUT2D eigenvalue weighted by Gasteiger charge is 2.17. The van der Waals surface area contributed by atoms with Gasteiger partial charge in [-0.3, -0.25) is 9.36 Å². The van der Waals surface area contributed by atoms with Crippen molar-refractivity contribution in [2.45, 2.75) is 25.3 Å². The number of fused-ring (bicyclic) bond motifs is 1. The smallest absolute Gasteiger partial charge is 0.252 e. The van der Waals surface area contributed by atoms with Crippen LogP contribution in [0.2, 0.25) is 0 Å². The largest absolute Gasteiger partial charge is 0.369 e. The monoisotopic (exact) mass is 416 g/mol. The van der Waals surface area contributed by atoms with E-state index in [1.54, 1.807) is 22.9 Å². The van der Waals surface area contributed by atoms with Crippen molar-refractivity contribution in [2.75, 3.05) is 43.4 Å². The van der Waals surface area contributed by atoms with Gasteiger partial charge in [-0.05, 0) is 56.6 Å². The summed E-state index contributed by atoms with van der Waals surface area (Å²) in [6.45, 7) is 4.26. The van der Waals surface area contributed by atoms with E-state index in [0.29, 0.717) is 11.6 Å². The first-order valence-corrected chi connectivity index (χ1v) is 11.0. The van der Waals surface area contributed by atoms with Crippen LogP contribution in [0, 0.1) is 0 Å². The maximum atomic E-state index is 12.7. The summed E-state index contributed by atoms with van der Waals surface area (Å²) in [4.78, 5) is 26.6. The standard InChI is InChI=1S/C24H28N6O/c1-28-13-15-29(16-14-28)20-10-8-19(9-11-20)26-24-25-17-18-7-12-22(31)30(23(18)27-24)21-5-3-2-4-6-21/h3,5,7-12,17,21H,2,4,6,13-16H2,1H3,(H,25,26,27). The molecule has 1 N–H and O–H groups in total. The highest BCUT2D eigenvalue weighted by atomic mass is 16.1. The van der Waals surface area contributed by atoms with Crippen molar-refractivity contribution in [3.63, 3.8) is 0 Å². The van der Waals surface area contributed by atoms with Crippen molar-refractivity contribution in [3.8, 4) is 0 Å². The highest BCUT2D eigenvalue weighted by Crippen LogP contribution is 2.25. The van der Waals surface area contributed by atoms with Gasteiger partial charge in [-0.25, -0.2) is 4.98 Å². The second-order valence-corrected chi connectivity index (χ2v) is 8.40. The van der Waals surface area contributed by atoms with E-state index in [1.807, 2.05) is 0 Å². The van der Waals surface area contributed by atoms with Crippen LogP contribution in [0.4, 0.5) is 17.3 Å². The van der Waals surface area contributed by atoms with Crippen molar-refractivity contribution in [2.24, 2.45) is 0 Å². The van der Waals surface area contributed by atoms with E-state index in [-0.39, 0.29) is 11.6 Å². The van der Waals surface area contributed by atoms with Crippen LogP contribution in [0.3, 0.4) is 0 Å². The minimum Gasteiger partial charge on any atom is -0.369 e. The predicted molar refractivity (Wildman–Crippen MR) is 125 cm³/mol. The van der Waals surface area contributed by atoms with Crippen molar-refractivity contribution in [1.82, 2.24) is 19.4 Å². The Balaban J connectivity index is 1.40. The molecule has 5 rings (SSSR count). The quantitative estimate of drug-likeness (QED) is 0.656. The number of hydrogen-bond donors (Lipinski definition) is 1. The lowest BCUT2D eigenvalue weighted by Gasteiger charge is -2.34. The Morgan fingerprint density at radius 1 is 1.03 bits per heavy atom. The van der Waals surface area contributed by atoms with Gasteiger partial charge in [0, 0.05) is 55.2 Å². The van der Waals surface area contributed by atoms with Crippen LogP contribution in [0.1, 0.15) is 25.3 Å². The summed E-state index contributed by atoms with van der Waals surface area (Å²) >= 11 is 0. The van der Waals surface area contributed by atoms with E-state index in [2.05, 4.69) is 63.6 Å². The number of piperazine rings is 1. The lowest BCUT2D eigenvalue weighted by Crippen LogP contribution is -2.44. The Morgan fingerprint density at radius 2 is 1.84 bits per heavy atom. The molecule has 0 saturated carbocycles. The van der Waals surface area contributed by atoms with Gasteiger partial charge >= 0.3 is 0 Å². The molecular formula is C24H28N6O. The number of likely N-dealkylation sites (N-methyl/N-ethyl adjacent to an activating group) is 1. The molecule has 3 heterocycles. The summed E-state index contributed by atoms with van der Waals surface area (Å²) in [5.41, 5.74) is 2.82. The van der Waals surface area contributed by atoms with Crippen molar-refractivity contribution in [1.29, 1.82) is 0 Å². The molecule has 1 aliphatic heterocycles. The first kappa shape index (κ1) is 19.8. The lowest BCUT2D eigenvalue weighted by atomic mass is 10.0. The van der Waals surface area contributed by atoms with Crippen molar-refractivity contribution in [3.05, 3.63) is 65.1 Å². The zero-order chi connectivity index (χ0) is 21.2. The molecule has 7 heteroatoms. The van der Waals surface area contributed by atoms with Gasteiger partial charge < -0.3 is 15.1 Å². The topological polar surface area (TPSA) is 66.3 Å². The van der Waals surface area contributed by atoms with Gasteiger partial charge in [0.15, 0.2) is 0 Å². The number of allylic oxidation sites excluding steroid dienone is 2. The van der Waals surface area contributed by atoms with E-state index < -0.39 is 0 Å². The number of rotatable bonds is 4. The average molecular weight is 417 g/mol. The maximum absolute atomic E-state index is 12.7. The van der Waals surface area contributed by atoms with Crippen LogP contribution in [-0.2, 0) is 0 Å². The van der Waals surface area contributed by atoms with Gasteiger partial charge in [0.25, 0.3) is 5.56 Å². The molecule has 1 saturated heterocycles. The van der Waals surface area contributed by atoms with Gasteiger partial charge in [-0.1, -0.05) is 12.2 Å². The summed E-state index contributed by atoms with van der Waals surface area (Å²) in [5.74, 6) is 0.499. The predicted octanol–water partition coefficient (Wildman–Crippen LogP) is 3.57. The summed E-state index contributed by atoms with van der Waals surface area (Å²) in [6, 6.07) is 11.9. The Kier molecular flexibility index (Phi) is 5.42. The molecule has 0 amide bonds. The van der Waals surface area contributed by atoms with Crippen LogP contribution in [0.25, 0.3) is 11.0 Å². The van der Waals surface area contributed by atoms with Crippen LogP contribution in [-0.4, -0.2) is 52.7 Å². The van der Waals surface area contributed by atoms with Crippen LogP contribution in [0.15, 0.2) is 59.5 Å². The van der Waals surface area contributed by atoms with E-state index in [1.165, 1.54) is 5.69 Å². The number of anilines is 3. The van der Waals surface area contributed by atoms with E-state index in [9.17, 15) is 4.79 Å². The molecule has 160 valence electrons. The van der Waals surface area contributed by atoms with Gasteiger partial charge in [0.05, 0.1) is 6.04 Å². The zero-order valence-electron chi connectivity index (χ0n) is 17.9. The van der Waals surface area contributed by atoms with Gasteiger partial charge in [0.1, 0.15) is 5.65 Å². The van der Waals surface area contributed by atoms with E-state index >= 15 is 0 Å². The molecule has 1 aromatic carbocycles. The summed E-state index contributed by atoms with van der Waals surface area (Å²) in [6.07, 6.45) is 9.17. The molecule has 1 unspecified atom stereocenters. The minimum absolute atomic E-state index is 0.0229. The minimum atomic E-state index is -0.0229. The molecule has 2 aromatic heterocycles. The SMILES string of the molecule is CN1CCN(c2ccc(Nc3ncc4ccc(=O)n(C5C=CCCC5)c4n3)cc2)CC1. The second-order valence-electron chi connectivity index (χ2n) is 8.40. The molecule has 0 spiro atoms. The van der Waals surface area contributed by atoms with E-state index in [4.69, 9.17) is 4.98 Å². The molecule has 1 atom stereocenters. The number of nitrogens with zero attached hydrogens (tertiary/aromatic N) is 5. The van der Waals surface area contributed by atoms with Crippen LogP contribution in [0.5, 0.6) is 0 Å². The second kappa shape index (κ2) is 8.51. The van der Waals surface area contributed by atoms with Gasteiger partial charge in [-0.15, -0.1) is 0 Å². The van der Waals surface area contributed by atoms with Crippen LogP contribution >= 0.6 is 0 Å². The Morgan fingerprint density at radius 3 is 2.58 bits per heavy atom. The summed E-state index contributed by atoms with van der Waals surface area (Å²) in [5, 5.41) is 4.17. The third kappa shape index (κ3) is 4.18. The fourth-order valence-electron chi connectivity index (χ4n) is 4.38. The molecule has 2 aliphatic rings. The summed E-state index contributed by atoms with van der Waals surface area (Å²) < 4.78 is 1.80. The van der Waals surface area contributed by atoms with Crippen molar-refractivity contribution >= 4 is 28.4 Å². The number of nitrogens with one attached hydrogen (secondary N) is 1. The number of hydrogen-bond acceptors (Lipinski definition) is 6. The van der Waals surface area contributed by atoms with E-state index in [0.717, 1.165) is 56.5 Å². The normalized spacial score (nSPS) is 19.6. The molecule has 7 nitrogen and oxygen atoms in total. The van der Waals surface area contributed by atoms with Gasteiger partial charge in [-0.2, -0.15) is 4.98 Å². The maximum Gasteiger partial charge on any atom is 0.252 e. The van der Waals surface area contributed by atoms with Crippen molar-refractivity contribution < 1.29 is 0 Å². The first-order chi connectivity index (χ1) is 15.2. The average Bonchev–Trinajstić information content (AvgIpc) is 2.81. The number of aromatic nitrogens is 3. The molecule has 3 aromatic rings. The molecule has 1 aliphatic carbocycles. The molecule has 0 bridgehead atoms. The Hall–Kier alpha value is -3.19. The van der Waals surface area contributed by atoms with Gasteiger partial charge in [0.2, 0.25) is 5.95 Å². The fourth-order valence-corrected chi connectivity index (χ4v) is 4.38. The van der Waals surface area contributed by atoms with Crippen LogP contribution < -0.4 is 15.8 Å². The molecular weight excluding hydrogens is 388 g/mol. The molecule has 31 heavy (non-hydrogen) atoms. The highest BCUT2D eigenvalue weighted by molar-refractivity contribution is 5.76. The lowest BCUT2D eigenvalue weighted by molar-refractivity contribution is 0.313. The zero-order valence-corrected chi connectivity index (χ0v) is 17.9. The third-order valence-corrected chi connectivity index (χ3v) is 6.22. The number of pyridine rings is 1. The first-order valence-electron chi connectivity index (χ1n) is 11.0. The molecule has 0 radical (unpaired) electrons. The molecule has 1 fully saturated rings.